The third kappa shape index (κ3) is 4.40. The molecule has 1 aliphatic heterocycles. The predicted molar refractivity (Wildman–Crippen MR) is 110 cm³/mol. The summed E-state index contributed by atoms with van der Waals surface area (Å²) in [6.07, 6.45) is -0.685. The van der Waals surface area contributed by atoms with Gasteiger partial charge in [0.25, 0.3) is 15.9 Å². The second-order valence-corrected chi connectivity index (χ2v) is 15.2. The molecule has 1 saturated heterocycles. The highest BCUT2D eigenvalue weighted by Crippen LogP contribution is 2.40. The number of aryl methyl sites for hydroxylation is 1. The van der Waals surface area contributed by atoms with Gasteiger partial charge in [-0.2, -0.15) is 0 Å². The molecule has 1 fully saturated rings. The highest BCUT2D eigenvalue weighted by Gasteiger charge is 2.50. The van der Waals surface area contributed by atoms with Crippen LogP contribution in [0.25, 0.3) is 10.4 Å². The van der Waals surface area contributed by atoms with Crippen LogP contribution in [0, 0.1) is 6.92 Å². The molecule has 1 heterocycles. The normalized spacial score (nSPS) is 20.9. The quantitative estimate of drug-likeness (QED) is 0.297. The van der Waals surface area contributed by atoms with Gasteiger partial charge in [0.2, 0.25) is 0 Å². The van der Waals surface area contributed by atoms with Crippen LogP contribution in [0.15, 0.2) is 34.3 Å². The number of hydrogen-bond acceptors (Lipinski definition) is 5. The molecule has 10 heteroatoms. The van der Waals surface area contributed by atoms with Crippen molar-refractivity contribution < 1.29 is 17.6 Å². The van der Waals surface area contributed by atoms with Gasteiger partial charge in [-0.1, -0.05) is 43.6 Å². The second-order valence-electron chi connectivity index (χ2n) is 8.62. The Balaban J connectivity index is 2.41. The number of carbonyl (C=O) groups is 1. The first kappa shape index (κ1) is 22.4. The molecular weight excluding hydrogens is 396 g/mol. The minimum absolute atomic E-state index is 0.0327. The van der Waals surface area contributed by atoms with Crippen LogP contribution >= 0.6 is 0 Å². The summed E-state index contributed by atoms with van der Waals surface area (Å²) >= 11 is 0. The molecule has 2 rings (SSSR count). The average Bonchev–Trinajstić information content (AvgIpc) is 2.88. The third-order valence-electron chi connectivity index (χ3n) is 5.49. The van der Waals surface area contributed by atoms with Gasteiger partial charge in [0.05, 0.1) is 10.9 Å². The molecule has 1 aromatic rings. The van der Waals surface area contributed by atoms with Gasteiger partial charge in [0.1, 0.15) is 6.10 Å². The first-order valence-electron chi connectivity index (χ1n) is 9.15. The molecule has 0 unspecified atom stereocenters. The standard InChI is InChI=1S/C18H28N4O4SSi/c1-13-7-9-15(10-8-13)27(24,25)22-14(12-20-21-19)11-16(17(22)23)26-28(5,6)18(2,3)4/h7-10,14,16H,11-12H2,1-6H3/t14-,16+/m0/s1. The van der Waals surface area contributed by atoms with Gasteiger partial charge in [0.15, 0.2) is 8.32 Å². The Bertz CT molecular complexity index is 887. The number of azide groups is 1. The van der Waals surface area contributed by atoms with Crippen LogP contribution in [0.4, 0.5) is 0 Å². The van der Waals surface area contributed by atoms with Crippen molar-refractivity contribution in [3.63, 3.8) is 0 Å². The van der Waals surface area contributed by atoms with Crippen LogP contribution in [-0.2, 0) is 19.2 Å². The number of amides is 1. The summed E-state index contributed by atoms with van der Waals surface area (Å²) < 4.78 is 33.4. The van der Waals surface area contributed by atoms with E-state index in [9.17, 15) is 13.2 Å². The van der Waals surface area contributed by atoms with Gasteiger partial charge in [0, 0.05) is 17.9 Å². The Kier molecular flexibility index (Phi) is 6.30. The smallest absolute Gasteiger partial charge is 0.266 e. The molecule has 1 amide bonds. The van der Waals surface area contributed by atoms with E-state index in [1.807, 2.05) is 20.0 Å². The molecule has 1 aromatic carbocycles. The van der Waals surface area contributed by atoms with Crippen molar-refractivity contribution in [3.8, 4) is 0 Å². The molecule has 0 aromatic heterocycles. The van der Waals surface area contributed by atoms with Gasteiger partial charge in [-0.25, -0.2) is 12.7 Å². The summed E-state index contributed by atoms with van der Waals surface area (Å²) in [6, 6.07) is 5.55. The van der Waals surface area contributed by atoms with E-state index in [0.717, 1.165) is 9.87 Å². The van der Waals surface area contributed by atoms with Crippen molar-refractivity contribution in [2.24, 2.45) is 5.11 Å². The zero-order chi connectivity index (χ0) is 21.3. The minimum Gasteiger partial charge on any atom is -0.405 e. The summed E-state index contributed by atoms with van der Waals surface area (Å²) in [5, 5.41) is 3.39. The largest absolute Gasteiger partial charge is 0.405 e. The van der Waals surface area contributed by atoms with Crippen molar-refractivity contribution in [2.75, 3.05) is 6.54 Å². The number of sulfonamides is 1. The third-order valence-corrected chi connectivity index (χ3v) is 11.8. The highest BCUT2D eigenvalue weighted by atomic mass is 32.2. The summed E-state index contributed by atoms with van der Waals surface area (Å²) in [5.41, 5.74) is 9.58. The SMILES string of the molecule is Cc1ccc(S(=O)(=O)N2C(=O)[C@H](O[Si](C)(C)C(C)(C)C)C[C@H]2CN=[N+]=[N-])cc1. The lowest BCUT2D eigenvalue weighted by Crippen LogP contribution is -2.47. The van der Waals surface area contributed by atoms with Crippen LogP contribution in [-0.4, -0.2) is 45.6 Å². The molecular formula is C18H28N4O4SSi. The Morgan fingerprint density at radius 2 is 1.86 bits per heavy atom. The first-order chi connectivity index (χ1) is 12.8. The Labute approximate surface area is 167 Å². The number of nitrogens with zero attached hydrogens (tertiary/aromatic N) is 4. The predicted octanol–water partition coefficient (Wildman–Crippen LogP) is 3.99. The van der Waals surface area contributed by atoms with E-state index in [1.54, 1.807) is 12.1 Å². The van der Waals surface area contributed by atoms with Crippen molar-refractivity contribution >= 4 is 24.2 Å². The molecule has 0 saturated carbocycles. The molecule has 0 aliphatic carbocycles. The molecule has 154 valence electrons. The van der Waals surface area contributed by atoms with Crippen LogP contribution in [0.3, 0.4) is 0 Å². The number of rotatable bonds is 6. The molecule has 2 atom stereocenters. The van der Waals surface area contributed by atoms with Gasteiger partial charge < -0.3 is 4.43 Å². The maximum Gasteiger partial charge on any atom is 0.266 e. The van der Waals surface area contributed by atoms with Crippen LogP contribution in [0.2, 0.25) is 18.1 Å². The van der Waals surface area contributed by atoms with E-state index >= 15 is 0 Å². The topological polar surface area (TPSA) is 112 Å². The van der Waals surface area contributed by atoms with Gasteiger partial charge in [-0.15, -0.1) is 0 Å². The fourth-order valence-electron chi connectivity index (χ4n) is 2.81. The van der Waals surface area contributed by atoms with E-state index in [0.29, 0.717) is 0 Å². The van der Waals surface area contributed by atoms with Crippen molar-refractivity contribution in [1.82, 2.24) is 4.31 Å². The van der Waals surface area contributed by atoms with Crippen molar-refractivity contribution in [2.45, 2.75) is 69.3 Å². The summed E-state index contributed by atoms with van der Waals surface area (Å²) in [6.45, 7) is 11.9. The average molecular weight is 425 g/mol. The minimum atomic E-state index is -4.07. The Hall–Kier alpha value is -1.87. The summed E-state index contributed by atoms with van der Waals surface area (Å²) in [7, 11) is -6.37. The molecule has 0 spiro atoms. The van der Waals surface area contributed by atoms with Crippen LogP contribution < -0.4 is 0 Å². The zero-order valence-electron chi connectivity index (χ0n) is 17.2. The number of carbonyl (C=O) groups excluding carboxylic acids is 1. The maximum absolute atomic E-state index is 13.2. The van der Waals surface area contributed by atoms with E-state index < -0.39 is 36.4 Å². The monoisotopic (exact) mass is 424 g/mol. The number of benzene rings is 1. The molecule has 0 bridgehead atoms. The lowest BCUT2D eigenvalue weighted by Gasteiger charge is -2.37. The first-order valence-corrected chi connectivity index (χ1v) is 13.5. The van der Waals surface area contributed by atoms with E-state index in [2.05, 4.69) is 30.8 Å². The highest BCUT2D eigenvalue weighted by molar-refractivity contribution is 7.89. The van der Waals surface area contributed by atoms with Crippen LogP contribution in [0.5, 0.6) is 0 Å². The Morgan fingerprint density at radius 3 is 2.36 bits per heavy atom. The maximum atomic E-state index is 13.2. The lowest BCUT2D eigenvalue weighted by atomic mass is 10.2. The molecule has 28 heavy (non-hydrogen) atoms. The van der Waals surface area contributed by atoms with Gasteiger partial charge in [-0.05, 0) is 42.7 Å². The fourth-order valence-corrected chi connectivity index (χ4v) is 5.68. The van der Waals surface area contributed by atoms with E-state index in [4.69, 9.17) is 9.96 Å². The molecule has 0 N–H and O–H groups in total. The van der Waals surface area contributed by atoms with Gasteiger partial charge in [-0.3, -0.25) is 4.79 Å². The lowest BCUT2D eigenvalue weighted by molar-refractivity contribution is -0.130. The fraction of sp³-hybridized carbons (Fsp3) is 0.611. The van der Waals surface area contributed by atoms with E-state index in [-0.39, 0.29) is 22.9 Å². The molecule has 8 nitrogen and oxygen atoms in total. The van der Waals surface area contributed by atoms with Crippen LogP contribution in [0.1, 0.15) is 32.8 Å². The number of hydrogen-bond donors (Lipinski definition) is 0. The van der Waals surface area contributed by atoms with Crippen molar-refractivity contribution in [1.29, 1.82) is 0 Å². The Morgan fingerprint density at radius 1 is 1.29 bits per heavy atom. The van der Waals surface area contributed by atoms with E-state index in [1.165, 1.54) is 12.1 Å². The summed E-state index contributed by atoms with van der Waals surface area (Å²) in [4.78, 5) is 15.8. The molecule has 0 radical (unpaired) electrons. The molecule has 1 aliphatic rings. The van der Waals surface area contributed by atoms with Gasteiger partial charge >= 0.3 is 0 Å². The second kappa shape index (κ2) is 7.86. The zero-order valence-corrected chi connectivity index (χ0v) is 19.0. The van der Waals surface area contributed by atoms with Crippen molar-refractivity contribution in [3.05, 3.63) is 40.3 Å². The summed E-state index contributed by atoms with van der Waals surface area (Å²) in [5.74, 6) is -0.594.